The summed E-state index contributed by atoms with van der Waals surface area (Å²) in [6.07, 6.45) is 4.48. The number of unbranched alkanes of at least 4 members (excludes halogenated alkanes) is 1. The predicted molar refractivity (Wildman–Crippen MR) is 57.6 cm³/mol. The van der Waals surface area contributed by atoms with E-state index >= 15 is 0 Å². The zero-order chi connectivity index (χ0) is 11.2. The second-order valence-corrected chi connectivity index (χ2v) is 4.04. The van der Waals surface area contributed by atoms with E-state index < -0.39 is 0 Å². The third kappa shape index (κ3) is 2.64. The Labute approximate surface area is 96.5 Å². The summed E-state index contributed by atoms with van der Waals surface area (Å²) < 4.78 is 10.3. The van der Waals surface area contributed by atoms with E-state index in [1.807, 2.05) is 0 Å². The molecule has 16 heavy (non-hydrogen) atoms. The molecule has 0 N–H and O–H groups in total. The van der Waals surface area contributed by atoms with Crippen molar-refractivity contribution in [1.82, 2.24) is 10.2 Å². The average molecular weight is 235 g/mol. The van der Waals surface area contributed by atoms with Crippen LogP contribution in [0.15, 0.2) is 32.6 Å². The molecule has 2 aromatic heterocycles. The summed E-state index contributed by atoms with van der Waals surface area (Å²) in [4.78, 5) is 0. The van der Waals surface area contributed by atoms with Crippen LogP contribution < -0.4 is 0 Å². The topological polar surface area (TPSA) is 75.8 Å². The van der Waals surface area contributed by atoms with E-state index in [2.05, 4.69) is 16.3 Å². The monoisotopic (exact) mass is 235 g/mol. The van der Waals surface area contributed by atoms with Crippen molar-refractivity contribution < 1.29 is 8.83 Å². The molecule has 2 aromatic rings. The van der Waals surface area contributed by atoms with Gasteiger partial charge in [-0.1, -0.05) is 11.8 Å². The van der Waals surface area contributed by atoms with Gasteiger partial charge in [-0.2, -0.15) is 5.26 Å². The predicted octanol–water partition coefficient (Wildman–Crippen LogP) is 2.73. The van der Waals surface area contributed by atoms with E-state index in [0.717, 1.165) is 17.7 Å². The van der Waals surface area contributed by atoms with Gasteiger partial charge in [-0.15, -0.1) is 10.2 Å². The van der Waals surface area contributed by atoms with Crippen molar-refractivity contribution in [3.05, 3.63) is 18.6 Å². The minimum absolute atomic E-state index is 0.455. The van der Waals surface area contributed by atoms with E-state index in [-0.39, 0.29) is 0 Å². The van der Waals surface area contributed by atoms with E-state index in [1.54, 1.807) is 18.6 Å². The number of nitriles is 1. The molecule has 0 amide bonds. The van der Waals surface area contributed by atoms with Crippen molar-refractivity contribution in [1.29, 1.82) is 5.26 Å². The van der Waals surface area contributed by atoms with Crippen LogP contribution in [0.2, 0.25) is 0 Å². The summed E-state index contributed by atoms with van der Waals surface area (Å²) in [7, 11) is 0. The molecule has 0 aliphatic carbocycles. The first-order valence-electron chi connectivity index (χ1n) is 4.76. The van der Waals surface area contributed by atoms with E-state index in [1.165, 1.54) is 11.8 Å². The Balaban J connectivity index is 1.91. The van der Waals surface area contributed by atoms with Crippen LogP contribution in [0.5, 0.6) is 0 Å². The van der Waals surface area contributed by atoms with Gasteiger partial charge in [0.1, 0.15) is 6.26 Å². The van der Waals surface area contributed by atoms with Crippen LogP contribution >= 0.6 is 11.8 Å². The van der Waals surface area contributed by atoms with Gasteiger partial charge in [0.05, 0.1) is 17.9 Å². The maximum absolute atomic E-state index is 8.37. The lowest BCUT2D eigenvalue weighted by atomic mass is 10.3. The molecule has 82 valence electrons. The van der Waals surface area contributed by atoms with Crippen molar-refractivity contribution in [3.63, 3.8) is 0 Å². The second kappa shape index (κ2) is 5.37. The van der Waals surface area contributed by atoms with Crippen LogP contribution in [0, 0.1) is 11.3 Å². The fourth-order valence-corrected chi connectivity index (χ4v) is 1.78. The summed E-state index contributed by atoms with van der Waals surface area (Å²) in [6, 6.07) is 3.85. The van der Waals surface area contributed by atoms with Gasteiger partial charge in [0, 0.05) is 12.2 Å². The first-order chi connectivity index (χ1) is 7.90. The highest BCUT2D eigenvalue weighted by Crippen LogP contribution is 2.23. The van der Waals surface area contributed by atoms with E-state index in [4.69, 9.17) is 14.1 Å². The standard InChI is InChI=1S/C10H9N3O2S/c11-4-1-2-6-16-10-13-12-9(15-10)8-3-5-14-7-8/h3,5,7H,1-2,6H2. The minimum atomic E-state index is 0.455. The number of hydrogen-bond donors (Lipinski definition) is 0. The fourth-order valence-electron chi connectivity index (χ4n) is 1.08. The number of thioether (sulfide) groups is 1. The zero-order valence-electron chi connectivity index (χ0n) is 8.42. The summed E-state index contributed by atoms with van der Waals surface area (Å²) >= 11 is 1.46. The van der Waals surface area contributed by atoms with Crippen LogP contribution in [0.4, 0.5) is 0 Å². The molecule has 0 saturated carbocycles. The Kier molecular flexibility index (Phi) is 3.62. The van der Waals surface area contributed by atoms with Crippen LogP contribution in [0.25, 0.3) is 11.5 Å². The molecular weight excluding hydrogens is 226 g/mol. The zero-order valence-corrected chi connectivity index (χ0v) is 9.24. The molecule has 2 rings (SSSR count). The van der Waals surface area contributed by atoms with Crippen LogP contribution in [0.3, 0.4) is 0 Å². The van der Waals surface area contributed by atoms with Gasteiger partial charge < -0.3 is 8.83 Å². The largest absolute Gasteiger partial charge is 0.472 e. The number of hydrogen-bond acceptors (Lipinski definition) is 6. The molecule has 0 aliphatic rings. The minimum Gasteiger partial charge on any atom is -0.472 e. The quantitative estimate of drug-likeness (QED) is 0.585. The summed E-state index contributed by atoms with van der Waals surface area (Å²) in [5.74, 6) is 1.26. The van der Waals surface area contributed by atoms with E-state index in [0.29, 0.717) is 17.5 Å². The van der Waals surface area contributed by atoms with Crippen LogP contribution in [0.1, 0.15) is 12.8 Å². The average Bonchev–Trinajstić information content (AvgIpc) is 2.94. The van der Waals surface area contributed by atoms with Crippen molar-refractivity contribution in [2.45, 2.75) is 18.1 Å². The number of nitrogens with zero attached hydrogens (tertiary/aromatic N) is 3. The van der Waals surface area contributed by atoms with Crippen molar-refractivity contribution in [2.24, 2.45) is 0 Å². The van der Waals surface area contributed by atoms with Crippen LogP contribution in [-0.4, -0.2) is 16.0 Å². The van der Waals surface area contributed by atoms with Gasteiger partial charge in [-0.05, 0) is 12.5 Å². The lowest BCUT2D eigenvalue weighted by molar-refractivity contribution is 0.465. The van der Waals surface area contributed by atoms with Gasteiger partial charge in [0.15, 0.2) is 0 Å². The Morgan fingerprint density at radius 3 is 3.12 bits per heavy atom. The van der Waals surface area contributed by atoms with E-state index in [9.17, 15) is 0 Å². The maximum Gasteiger partial charge on any atom is 0.276 e. The van der Waals surface area contributed by atoms with Crippen molar-refractivity contribution >= 4 is 11.8 Å². The molecule has 0 spiro atoms. The van der Waals surface area contributed by atoms with Crippen LogP contribution in [-0.2, 0) is 0 Å². The Morgan fingerprint density at radius 2 is 2.38 bits per heavy atom. The second-order valence-electron chi connectivity index (χ2n) is 3.00. The third-order valence-corrected chi connectivity index (χ3v) is 2.74. The maximum atomic E-state index is 8.37. The number of aromatic nitrogens is 2. The molecular formula is C10H9N3O2S. The van der Waals surface area contributed by atoms with Gasteiger partial charge >= 0.3 is 0 Å². The molecule has 0 atom stereocenters. The summed E-state index contributed by atoms with van der Waals surface area (Å²) in [5, 5.41) is 16.7. The van der Waals surface area contributed by atoms with Crippen molar-refractivity contribution in [3.8, 4) is 17.5 Å². The number of rotatable bonds is 5. The Bertz CT molecular complexity index is 472. The molecule has 0 bridgehead atoms. The lowest BCUT2D eigenvalue weighted by Gasteiger charge is -1.91. The van der Waals surface area contributed by atoms with Gasteiger partial charge in [0.2, 0.25) is 0 Å². The molecule has 0 radical (unpaired) electrons. The van der Waals surface area contributed by atoms with Gasteiger partial charge in [-0.25, -0.2) is 0 Å². The van der Waals surface area contributed by atoms with Gasteiger partial charge in [-0.3, -0.25) is 0 Å². The van der Waals surface area contributed by atoms with Gasteiger partial charge in [0.25, 0.3) is 11.1 Å². The molecule has 6 heteroatoms. The lowest BCUT2D eigenvalue weighted by Crippen LogP contribution is -1.78. The van der Waals surface area contributed by atoms with Crippen molar-refractivity contribution in [2.75, 3.05) is 5.75 Å². The molecule has 0 fully saturated rings. The molecule has 0 unspecified atom stereocenters. The normalized spacial score (nSPS) is 10.2. The summed E-state index contributed by atoms with van der Waals surface area (Å²) in [5.41, 5.74) is 0.774. The first-order valence-corrected chi connectivity index (χ1v) is 5.74. The number of furan rings is 1. The molecule has 5 nitrogen and oxygen atoms in total. The Hall–Kier alpha value is -1.74. The SMILES string of the molecule is N#CCCCSc1nnc(-c2ccoc2)o1. The highest BCUT2D eigenvalue weighted by Gasteiger charge is 2.09. The highest BCUT2D eigenvalue weighted by atomic mass is 32.2. The molecule has 0 saturated heterocycles. The summed E-state index contributed by atoms with van der Waals surface area (Å²) in [6.45, 7) is 0. The molecule has 0 aromatic carbocycles. The Morgan fingerprint density at radius 1 is 1.44 bits per heavy atom. The molecule has 2 heterocycles. The highest BCUT2D eigenvalue weighted by molar-refractivity contribution is 7.99. The fraction of sp³-hybridized carbons (Fsp3) is 0.300. The first kappa shape index (κ1) is 10.8. The third-order valence-electron chi connectivity index (χ3n) is 1.83. The molecule has 0 aliphatic heterocycles. The smallest absolute Gasteiger partial charge is 0.276 e.